The fraction of sp³-hybridized carbons (Fsp3) is 0.154. The molecule has 19 heavy (non-hydrogen) atoms. The van der Waals surface area contributed by atoms with Gasteiger partial charge in [0.25, 0.3) is 0 Å². The molecule has 0 unspecified atom stereocenters. The van der Waals surface area contributed by atoms with Crippen LogP contribution < -0.4 is 0 Å². The lowest BCUT2D eigenvalue weighted by atomic mass is 10.2. The molecule has 0 fully saturated rings. The summed E-state index contributed by atoms with van der Waals surface area (Å²) in [7, 11) is 0. The molecule has 0 spiro atoms. The van der Waals surface area contributed by atoms with E-state index in [9.17, 15) is 13.2 Å². The summed E-state index contributed by atoms with van der Waals surface area (Å²) in [4.78, 5) is 0. The number of rotatable bonds is 2. The zero-order chi connectivity index (χ0) is 14.0. The summed E-state index contributed by atoms with van der Waals surface area (Å²) < 4.78 is 39.1. The third-order valence-electron chi connectivity index (χ3n) is 2.63. The summed E-state index contributed by atoms with van der Waals surface area (Å²) in [6.07, 6.45) is -3.52. The highest BCUT2D eigenvalue weighted by molar-refractivity contribution is 9.08. The molecule has 0 bridgehead atoms. The van der Waals surface area contributed by atoms with Crippen molar-refractivity contribution in [2.24, 2.45) is 0 Å². The molecule has 0 atom stereocenters. The average molecular weight is 329 g/mol. The third-order valence-corrected chi connectivity index (χ3v) is 3.28. The summed E-state index contributed by atoms with van der Waals surface area (Å²) in [6.45, 7) is 0. The van der Waals surface area contributed by atoms with Crippen LogP contribution in [0.5, 0.6) is 0 Å². The Hall–Kier alpha value is -1.74. The van der Waals surface area contributed by atoms with Gasteiger partial charge in [-0.1, -0.05) is 28.1 Å². The lowest BCUT2D eigenvalue weighted by Gasteiger charge is -2.06. The van der Waals surface area contributed by atoms with E-state index in [4.69, 9.17) is 5.26 Å². The predicted octanol–water partition coefficient (Wildman–Crippen LogP) is 4.26. The molecule has 2 nitrogen and oxygen atoms in total. The summed E-state index contributed by atoms with van der Waals surface area (Å²) in [6, 6.07) is 9.55. The van der Waals surface area contributed by atoms with E-state index in [1.165, 1.54) is 4.57 Å². The Bertz CT molecular complexity index is 621. The van der Waals surface area contributed by atoms with Gasteiger partial charge < -0.3 is 4.57 Å². The molecule has 0 aliphatic carbocycles. The Balaban J connectivity index is 2.49. The molecule has 0 saturated carbocycles. The smallest absolute Gasteiger partial charge is 0.308 e. The van der Waals surface area contributed by atoms with Crippen molar-refractivity contribution in [1.29, 1.82) is 5.26 Å². The fourth-order valence-electron chi connectivity index (χ4n) is 1.66. The predicted molar refractivity (Wildman–Crippen MR) is 68.1 cm³/mol. The first-order valence-electron chi connectivity index (χ1n) is 5.30. The zero-order valence-electron chi connectivity index (χ0n) is 9.58. The molecule has 0 aliphatic heterocycles. The van der Waals surface area contributed by atoms with Crippen LogP contribution in [0.25, 0.3) is 5.69 Å². The number of aromatic nitrogens is 1. The molecule has 0 aliphatic rings. The molecule has 6 heteroatoms. The largest absolute Gasteiger partial charge is 0.417 e. The maximum atomic E-state index is 12.6. The maximum absolute atomic E-state index is 12.6. The van der Waals surface area contributed by atoms with Crippen LogP contribution in [0.1, 0.15) is 16.8 Å². The van der Waals surface area contributed by atoms with Gasteiger partial charge in [0.05, 0.1) is 5.56 Å². The number of halogens is 4. The second-order valence-electron chi connectivity index (χ2n) is 3.89. The standard InChI is InChI=1S/C13H8BrF3N2/c14-6-9-1-3-11(4-2-9)19-8-10(13(15,16)17)5-12(19)7-18/h1-5,8H,6H2. The van der Waals surface area contributed by atoms with Crippen molar-refractivity contribution in [1.82, 2.24) is 4.57 Å². The zero-order valence-corrected chi connectivity index (χ0v) is 11.2. The van der Waals surface area contributed by atoms with Gasteiger partial charge in [0.1, 0.15) is 11.8 Å². The van der Waals surface area contributed by atoms with Gasteiger partial charge in [-0.25, -0.2) is 0 Å². The second kappa shape index (κ2) is 5.10. The van der Waals surface area contributed by atoms with Crippen LogP contribution in [0.4, 0.5) is 13.2 Å². The van der Waals surface area contributed by atoms with Crippen LogP contribution >= 0.6 is 15.9 Å². The van der Waals surface area contributed by atoms with Crippen molar-refractivity contribution in [2.75, 3.05) is 0 Å². The summed E-state index contributed by atoms with van der Waals surface area (Å²) in [5.41, 5.74) is 0.662. The molecule has 0 radical (unpaired) electrons. The van der Waals surface area contributed by atoms with Crippen LogP contribution in [0.2, 0.25) is 0 Å². The number of nitriles is 1. The van der Waals surface area contributed by atoms with E-state index < -0.39 is 11.7 Å². The minimum atomic E-state index is -4.45. The molecular weight excluding hydrogens is 321 g/mol. The topological polar surface area (TPSA) is 28.7 Å². The van der Waals surface area contributed by atoms with Crippen molar-refractivity contribution in [3.8, 4) is 11.8 Å². The van der Waals surface area contributed by atoms with Crippen molar-refractivity contribution >= 4 is 15.9 Å². The van der Waals surface area contributed by atoms with Crippen molar-refractivity contribution in [3.63, 3.8) is 0 Å². The van der Waals surface area contributed by atoms with Gasteiger partial charge in [0.15, 0.2) is 0 Å². The summed E-state index contributed by atoms with van der Waals surface area (Å²) in [5, 5.41) is 9.58. The number of alkyl halides is 4. The first kappa shape index (κ1) is 13.7. The SMILES string of the molecule is N#Cc1cc(C(F)(F)F)cn1-c1ccc(CBr)cc1. The van der Waals surface area contributed by atoms with Crippen LogP contribution in [-0.2, 0) is 11.5 Å². The number of hydrogen-bond donors (Lipinski definition) is 0. The van der Waals surface area contributed by atoms with Gasteiger partial charge >= 0.3 is 6.18 Å². The van der Waals surface area contributed by atoms with E-state index in [0.29, 0.717) is 11.0 Å². The molecule has 1 heterocycles. The number of benzene rings is 1. The molecule has 0 saturated heterocycles. The molecule has 2 aromatic rings. The molecule has 98 valence electrons. The van der Waals surface area contributed by atoms with Crippen molar-refractivity contribution in [2.45, 2.75) is 11.5 Å². The van der Waals surface area contributed by atoms with E-state index in [1.54, 1.807) is 30.3 Å². The van der Waals surface area contributed by atoms with Gasteiger partial charge in [-0.3, -0.25) is 0 Å². The van der Waals surface area contributed by atoms with Crippen LogP contribution in [0, 0.1) is 11.3 Å². The normalized spacial score (nSPS) is 11.3. The Kier molecular flexibility index (Phi) is 3.67. The van der Waals surface area contributed by atoms with Crippen LogP contribution in [0.15, 0.2) is 36.5 Å². The minimum Gasteiger partial charge on any atom is -0.308 e. The van der Waals surface area contributed by atoms with E-state index in [0.717, 1.165) is 17.8 Å². The monoisotopic (exact) mass is 328 g/mol. The molecule has 0 amide bonds. The Morgan fingerprint density at radius 3 is 2.32 bits per heavy atom. The minimum absolute atomic E-state index is 0.0427. The molecule has 1 aromatic carbocycles. The van der Waals surface area contributed by atoms with Gasteiger partial charge in [-0.2, -0.15) is 18.4 Å². The summed E-state index contributed by atoms with van der Waals surface area (Å²) in [5.74, 6) is 0. The van der Waals surface area contributed by atoms with Crippen molar-refractivity contribution in [3.05, 3.63) is 53.3 Å². The van der Waals surface area contributed by atoms with Gasteiger partial charge in [0.2, 0.25) is 0 Å². The molecular formula is C13H8BrF3N2. The number of nitrogens with zero attached hydrogens (tertiary/aromatic N) is 2. The maximum Gasteiger partial charge on any atom is 0.417 e. The highest BCUT2D eigenvalue weighted by Crippen LogP contribution is 2.31. The molecule has 1 aromatic heterocycles. The molecule has 2 rings (SSSR count). The third kappa shape index (κ3) is 2.82. The highest BCUT2D eigenvalue weighted by Gasteiger charge is 2.32. The van der Waals surface area contributed by atoms with Gasteiger partial charge in [0, 0.05) is 17.2 Å². The van der Waals surface area contributed by atoms with Crippen molar-refractivity contribution < 1.29 is 13.2 Å². The first-order chi connectivity index (χ1) is 8.95. The van der Waals surface area contributed by atoms with Gasteiger partial charge in [-0.15, -0.1) is 0 Å². The highest BCUT2D eigenvalue weighted by atomic mass is 79.9. The Morgan fingerprint density at radius 1 is 1.21 bits per heavy atom. The Morgan fingerprint density at radius 2 is 1.84 bits per heavy atom. The fourth-order valence-corrected chi connectivity index (χ4v) is 2.04. The summed E-state index contributed by atoms with van der Waals surface area (Å²) >= 11 is 3.29. The Labute approximate surface area is 116 Å². The average Bonchev–Trinajstić information content (AvgIpc) is 2.83. The van der Waals surface area contributed by atoms with Crippen LogP contribution in [-0.4, -0.2) is 4.57 Å². The van der Waals surface area contributed by atoms with Gasteiger partial charge in [-0.05, 0) is 23.8 Å². The van der Waals surface area contributed by atoms with E-state index in [2.05, 4.69) is 15.9 Å². The lowest BCUT2D eigenvalue weighted by Crippen LogP contribution is -2.02. The second-order valence-corrected chi connectivity index (χ2v) is 4.45. The first-order valence-corrected chi connectivity index (χ1v) is 6.43. The van der Waals surface area contributed by atoms with E-state index in [-0.39, 0.29) is 5.69 Å². The van der Waals surface area contributed by atoms with E-state index >= 15 is 0 Å². The van der Waals surface area contributed by atoms with Crippen LogP contribution in [0.3, 0.4) is 0 Å². The molecule has 0 N–H and O–H groups in total. The number of hydrogen-bond acceptors (Lipinski definition) is 1. The van der Waals surface area contributed by atoms with E-state index in [1.807, 2.05) is 0 Å². The lowest BCUT2D eigenvalue weighted by molar-refractivity contribution is -0.137. The quantitative estimate of drug-likeness (QED) is 0.757.